The third-order valence-electron chi connectivity index (χ3n) is 5.96. The summed E-state index contributed by atoms with van der Waals surface area (Å²) < 4.78 is 29.0. The fraction of sp³-hybridized carbons (Fsp3) is 0.115. The first kappa shape index (κ1) is 26.2. The standard InChI is InChI=1S/C26H21N5O6S/c1-16(32)29-19-10-12-21(13-11-19)38(36,37)30-24(18-8-5-9-20(14-18)31(34)35)22(15-27)23(28)25(30)26(33)17-6-3-2-4-7-17/h2-14,24-25H,28H2,1H3,(H,29,32). The number of carbonyl (C=O) groups excluding carboxylic acids is 2. The van der Waals surface area contributed by atoms with Crippen LogP contribution in [-0.2, 0) is 14.8 Å². The first-order valence-corrected chi connectivity index (χ1v) is 12.6. The molecule has 1 amide bonds. The Bertz CT molecular complexity index is 1610. The summed E-state index contributed by atoms with van der Waals surface area (Å²) in [5.74, 6) is -1.02. The van der Waals surface area contributed by atoms with E-state index < -0.39 is 32.8 Å². The van der Waals surface area contributed by atoms with Gasteiger partial charge in [-0.3, -0.25) is 19.7 Å². The molecule has 0 spiro atoms. The number of nitro groups is 1. The molecular formula is C26H21N5O6S. The molecule has 0 saturated carbocycles. The summed E-state index contributed by atoms with van der Waals surface area (Å²) in [4.78, 5) is 35.6. The third kappa shape index (κ3) is 4.75. The number of Topliss-reactive ketones (excluding diaryl/α,β-unsaturated/α-hetero) is 1. The van der Waals surface area contributed by atoms with E-state index in [4.69, 9.17) is 5.73 Å². The number of non-ortho nitro benzene ring substituents is 1. The number of nitrogens with two attached hydrogens (primary N) is 1. The van der Waals surface area contributed by atoms with Gasteiger partial charge in [-0.1, -0.05) is 42.5 Å². The molecule has 4 rings (SSSR count). The smallest absolute Gasteiger partial charge is 0.269 e. The maximum atomic E-state index is 14.1. The molecule has 1 heterocycles. The molecule has 3 aromatic carbocycles. The first-order valence-electron chi connectivity index (χ1n) is 11.2. The highest BCUT2D eigenvalue weighted by atomic mass is 32.2. The van der Waals surface area contributed by atoms with Gasteiger partial charge in [0.2, 0.25) is 15.9 Å². The van der Waals surface area contributed by atoms with E-state index in [1.54, 1.807) is 18.2 Å². The van der Waals surface area contributed by atoms with Crippen molar-refractivity contribution in [3.05, 3.63) is 111 Å². The Morgan fingerprint density at radius 3 is 2.29 bits per heavy atom. The predicted octanol–water partition coefficient (Wildman–Crippen LogP) is 3.29. The molecule has 2 atom stereocenters. The van der Waals surface area contributed by atoms with E-state index in [2.05, 4.69) is 5.32 Å². The lowest BCUT2D eigenvalue weighted by Crippen LogP contribution is -2.45. The zero-order valence-electron chi connectivity index (χ0n) is 19.9. The Hall–Kier alpha value is -4.86. The second-order valence-corrected chi connectivity index (χ2v) is 10.3. The highest BCUT2D eigenvalue weighted by molar-refractivity contribution is 7.89. The van der Waals surface area contributed by atoms with Crippen LogP contribution in [0.3, 0.4) is 0 Å². The minimum Gasteiger partial charge on any atom is -0.399 e. The topological polar surface area (TPSA) is 176 Å². The number of sulfonamides is 1. The molecule has 0 bridgehead atoms. The maximum Gasteiger partial charge on any atom is 0.269 e. The maximum absolute atomic E-state index is 14.1. The summed E-state index contributed by atoms with van der Waals surface area (Å²) >= 11 is 0. The Balaban J connectivity index is 1.92. The largest absolute Gasteiger partial charge is 0.399 e. The molecule has 12 heteroatoms. The molecule has 0 aromatic heterocycles. The summed E-state index contributed by atoms with van der Waals surface area (Å²) in [6, 6.07) is 17.2. The number of ketones is 1. The number of hydrogen-bond donors (Lipinski definition) is 2. The zero-order chi connectivity index (χ0) is 27.6. The predicted molar refractivity (Wildman–Crippen MR) is 137 cm³/mol. The van der Waals surface area contributed by atoms with Crippen molar-refractivity contribution in [3.8, 4) is 6.07 Å². The lowest BCUT2D eigenvalue weighted by atomic mass is 9.99. The van der Waals surface area contributed by atoms with Crippen molar-refractivity contribution in [2.45, 2.75) is 23.9 Å². The number of benzene rings is 3. The van der Waals surface area contributed by atoms with Crippen LogP contribution >= 0.6 is 0 Å². The molecule has 2 unspecified atom stereocenters. The quantitative estimate of drug-likeness (QED) is 0.265. The van der Waals surface area contributed by atoms with Gasteiger partial charge in [-0.15, -0.1) is 0 Å². The van der Waals surface area contributed by atoms with Gasteiger partial charge in [-0.25, -0.2) is 8.42 Å². The summed E-state index contributed by atoms with van der Waals surface area (Å²) in [5.41, 5.74) is 6.10. The Labute approximate surface area is 218 Å². The highest BCUT2D eigenvalue weighted by Gasteiger charge is 2.51. The summed E-state index contributed by atoms with van der Waals surface area (Å²) in [7, 11) is -4.54. The fourth-order valence-corrected chi connectivity index (χ4v) is 6.01. The molecule has 1 aliphatic rings. The third-order valence-corrected chi connectivity index (χ3v) is 7.81. The van der Waals surface area contributed by atoms with E-state index in [-0.39, 0.29) is 38.9 Å². The second-order valence-electron chi connectivity index (χ2n) is 8.41. The van der Waals surface area contributed by atoms with Crippen LogP contribution in [0.1, 0.15) is 28.9 Å². The van der Waals surface area contributed by atoms with Gasteiger partial charge in [-0.2, -0.15) is 9.57 Å². The lowest BCUT2D eigenvalue weighted by molar-refractivity contribution is -0.384. The molecule has 0 radical (unpaired) electrons. The SMILES string of the molecule is CC(=O)Nc1ccc(S(=O)(=O)N2C(C(=O)c3ccccc3)C(N)=C(C#N)C2c2cccc([N+](=O)[O-])c2)cc1. The van der Waals surface area contributed by atoms with Gasteiger partial charge < -0.3 is 11.1 Å². The van der Waals surface area contributed by atoms with E-state index >= 15 is 0 Å². The van der Waals surface area contributed by atoms with Crippen LogP contribution in [0.2, 0.25) is 0 Å². The van der Waals surface area contributed by atoms with Crippen LogP contribution in [0, 0.1) is 21.4 Å². The van der Waals surface area contributed by atoms with Gasteiger partial charge >= 0.3 is 0 Å². The van der Waals surface area contributed by atoms with E-state index in [0.717, 1.165) is 10.4 Å². The monoisotopic (exact) mass is 531 g/mol. The van der Waals surface area contributed by atoms with E-state index in [1.807, 2.05) is 6.07 Å². The van der Waals surface area contributed by atoms with Crippen molar-refractivity contribution < 1.29 is 22.9 Å². The average molecular weight is 532 g/mol. The number of nitro benzene ring substituents is 1. The summed E-state index contributed by atoms with van der Waals surface area (Å²) in [5, 5.41) is 24.0. The molecule has 0 aliphatic carbocycles. The van der Waals surface area contributed by atoms with Gasteiger partial charge in [-0.05, 0) is 29.8 Å². The Kier molecular flexibility index (Phi) is 7.07. The van der Waals surface area contributed by atoms with Gasteiger partial charge in [0.15, 0.2) is 5.78 Å². The zero-order valence-corrected chi connectivity index (χ0v) is 20.8. The molecule has 1 aliphatic heterocycles. The van der Waals surface area contributed by atoms with Crippen molar-refractivity contribution in [1.82, 2.24) is 4.31 Å². The molecule has 0 fully saturated rings. The van der Waals surface area contributed by atoms with Crippen LogP contribution in [0.5, 0.6) is 0 Å². The van der Waals surface area contributed by atoms with Gasteiger partial charge in [0.05, 0.1) is 33.2 Å². The minimum absolute atomic E-state index is 0.0977. The number of hydrogen-bond acceptors (Lipinski definition) is 8. The number of nitrogens with zero attached hydrogens (tertiary/aromatic N) is 3. The molecule has 0 saturated heterocycles. The van der Waals surface area contributed by atoms with Gasteiger partial charge in [0.25, 0.3) is 5.69 Å². The number of rotatable bonds is 7. The number of nitrogens with one attached hydrogen (secondary N) is 1. The normalized spacial score (nSPS) is 17.6. The van der Waals surface area contributed by atoms with Crippen molar-refractivity contribution in [3.63, 3.8) is 0 Å². The Morgan fingerprint density at radius 1 is 1.05 bits per heavy atom. The second kappa shape index (κ2) is 10.3. The van der Waals surface area contributed by atoms with E-state index in [1.165, 1.54) is 61.5 Å². The van der Waals surface area contributed by atoms with Crippen molar-refractivity contribution in [2.75, 3.05) is 5.32 Å². The molecule has 192 valence electrons. The highest BCUT2D eigenvalue weighted by Crippen LogP contribution is 2.44. The molecule has 3 N–H and O–H groups in total. The number of amides is 1. The average Bonchev–Trinajstić information content (AvgIpc) is 3.21. The first-order chi connectivity index (χ1) is 18.1. The molecule has 3 aromatic rings. The Morgan fingerprint density at radius 2 is 1.71 bits per heavy atom. The van der Waals surface area contributed by atoms with Crippen LogP contribution in [0.25, 0.3) is 0 Å². The minimum atomic E-state index is -4.54. The van der Waals surface area contributed by atoms with Crippen molar-refractivity contribution in [1.29, 1.82) is 5.26 Å². The molecular weight excluding hydrogens is 510 g/mol. The lowest BCUT2D eigenvalue weighted by Gasteiger charge is -2.30. The summed E-state index contributed by atoms with van der Waals surface area (Å²) in [6.07, 6.45) is 0. The van der Waals surface area contributed by atoms with Gasteiger partial charge in [0.1, 0.15) is 6.04 Å². The van der Waals surface area contributed by atoms with Crippen LogP contribution in [-0.4, -0.2) is 35.4 Å². The number of nitriles is 1. The van der Waals surface area contributed by atoms with Gasteiger partial charge in [0, 0.05) is 30.3 Å². The van der Waals surface area contributed by atoms with Crippen LogP contribution in [0.15, 0.2) is 95.0 Å². The number of carbonyl (C=O) groups is 2. The van der Waals surface area contributed by atoms with Crippen molar-refractivity contribution >= 4 is 33.1 Å². The summed E-state index contributed by atoms with van der Waals surface area (Å²) in [6.45, 7) is 1.30. The number of anilines is 1. The van der Waals surface area contributed by atoms with Crippen molar-refractivity contribution in [2.24, 2.45) is 5.73 Å². The van der Waals surface area contributed by atoms with Crippen LogP contribution < -0.4 is 11.1 Å². The molecule has 11 nitrogen and oxygen atoms in total. The van der Waals surface area contributed by atoms with E-state index in [0.29, 0.717) is 5.69 Å². The fourth-order valence-electron chi connectivity index (χ4n) is 4.30. The van der Waals surface area contributed by atoms with Crippen LogP contribution in [0.4, 0.5) is 11.4 Å². The molecule has 38 heavy (non-hydrogen) atoms. The van der Waals surface area contributed by atoms with E-state index in [9.17, 15) is 33.4 Å².